The third-order valence-corrected chi connectivity index (χ3v) is 4.31. The van der Waals surface area contributed by atoms with E-state index in [1.54, 1.807) is 34.8 Å². The molecular weight excluding hydrogens is 372 g/mol. The molecule has 0 radical (unpaired) electrons. The first-order chi connectivity index (χ1) is 9.49. The van der Waals surface area contributed by atoms with E-state index in [4.69, 9.17) is 0 Å². The van der Waals surface area contributed by atoms with Crippen molar-refractivity contribution in [2.24, 2.45) is 0 Å². The van der Waals surface area contributed by atoms with Crippen LogP contribution in [0.5, 0.6) is 0 Å². The minimum Gasteiger partial charge on any atom is -0.305 e. The average Bonchev–Trinajstić information content (AvgIpc) is 2.80. The number of carbonyl (C=O) groups excluding carboxylic acids is 1. The number of rotatable bonds is 1. The molecule has 4 nitrogen and oxygen atoms in total. The van der Waals surface area contributed by atoms with E-state index in [1.807, 2.05) is 6.92 Å². The van der Waals surface area contributed by atoms with Crippen molar-refractivity contribution in [3.8, 4) is 0 Å². The molecule has 1 aliphatic heterocycles. The van der Waals surface area contributed by atoms with Gasteiger partial charge >= 0.3 is 0 Å². The van der Waals surface area contributed by atoms with Crippen molar-refractivity contribution in [2.45, 2.75) is 19.9 Å². The highest BCUT2D eigenvalue weighted by molar-refractivity contribution is 14.1. The highest BCUT2D eigenvalue weighted by Gasteiger charge is 2.32. The highest BCUT2D eigenvalue weighted by Crippen LogP contribution is 2.29. The molecular formula is C14H13FIN3O. The summed E-state index contributed by atoms with van der Waals surface area (Å²) in [5.74, 6) is -0.345. The Morgan fingerprint density at radius 3 is 2.90 bits per heavy atom. The number of nitrogens with zero attached hydrogens (tertiary/aromatic N) is 3. The Labute approximate surface area is 129 Å². The Hall–Kier alpha value is -1.44. The fraction of sp³-hybridized carbons (Fsp3) is 0.286. The van der Waals surface area contributed by atoms with Crippen LogP contribution >= 0.6 is 22.6 Å². The van der Waals surface area contributed by atoms with Gasteiger partial charge in [-0.3, -0.25) is 9.48 Å². The lowest BCUT2D eigenvalue weighted by molar-refractivity contribution is 0.0952. The monoisotopic (exact) mass is 385 g/mol. The normalized spacial score (nSPS) is 18.3. The van der Waals surface area contributed by atoms with Crippen LogP contribution in [0.2, 0.25) is 0 Å². The summed E-state index contributed by atoms with van der Waals surface area (Å²) in [6.07, 6.45) is 1.70. The zero-order valence-electron chi connectivity index (χ0n) is 11.1. The first-order valence-corrected chi connectivity index (χ1v) is 7.38. The Morgan fingerprint density at radius 2 is 2.20 bits per heavy atom. The van der Waals surface area contributed by atoms with Crippen LogP contribution in [0.4, 0.5) is 10.1 Å². The minimum absolute atomic E-state index is 0.0870. The second-order valence-electron chi connectivity index (χ2n) is 4.98. The van der Waals surface area contributed by atoms with Crippen molar-refractivity contribution in [3.63, 3.8) is 0 Å². The number of carbonyl (C=O) groups is 1. The number of benzene rings is 1. The predicted molar refractivity (Wildman–Crippen MR) is 82.5 cm³/mol. The number of hydrogen-bond donors (Lipinski definition) is 0. The molecule has 104 valence electrons. The molecule has 2 heterocycles. The van der Waals surface area contributed by atoms with Gasteiger partial charge in [0.15, 0.2) is 0 Å². The van der Waals surface area contributed by atoms with Gasteiger partial charge in [-0.25, -0.2) is 4.39 Å². The summed E-state index contributed by atoms with van der Waals surface area (Å²) in [5.41, 5.74) is 1.87. The molecule has 2 aromatic rings. The molecule has 0 unspecified atom stereocenters. The lowest BCUT2D eigenvalue weighted by atomic mass is 10.1. The number of halogens is 2. The fourth-order valence-corrected chi connectivity index (χ4v) is 3.05. The highest BCUT2D eigenvalue weighted by atomic mass is 127. The van der Waals surface area contributed by atoms with Gasteiger partial charge in [-0.15, -0.1) is 0 Å². The van der Waals surface area contributed by atoms with E-state index in [-0.39, 0.29) is 17.8 Å². The quantitative estimate of drug-likeness (QED) is 0.708. The second kappa shape index (κ2) is 4.83. The molecule has 20 heavy (non-hydrogen) atoms. The van der Waals surface area contributed by atoms with Crippen molar-refractivity contribution >= 4 is 34.2 Å². The van der Waals surface area contributed by atoms with Crippen LogP contribution in [0.15, 0.2) is 24.4 Å². The van der Waals surface area contributed by atoms with Gasteiger partial charge in [-0.1, -0.05) is 0 Å². The van der Waals surface area contributed by atoms with E-state index in [0.717, 1.165) is 9.26 Å². The summed E-state index contributed by atoms with van der Waals surface area (Å²) in [6, 6.07) is 4.85. The van der Waals surface area contributed by atoms with Crippen LogP contribution in [0.1, 0.15) is 29.0 Å². The SMILES string of the molecule is Cc1cc(N2C[C@H](C)n3ncc(I)c3C2=O)ccc1F. The average molecular weight is 385 g/mol. The molecule has 0 spiro atoms. The first kappa shape index (κ1) is 13.5. The Bertz CT molecular complexity index is 698. The zero-order chi connectivity index (χ0) is 14.4. The molecule has 0 N–H and O–H groups in total. The minimum atomic E-state index is -0.258. The molecule has 0 bridgehead atoms. The molecule has 1 aromatic carbocycles. The van der Waals surface area contributed by atoms with Crippen LogP contribution in [0, 0.1) is 16.3 Å². The molecule has 0 aliphatic carbocycles. The van der Waals surface area contributed by atoms with Crippen LogP contribution in [-0.2, 0) is 0 Å². The van der Waals surface area contributed by atoms with E-state index in [9.17, 15) is 9.18 Å². The summed E-state index contributed by atoms with van der Waals surface area (Å²) in [5, 5.41) is 4.25. The smallest absolute Gasteiger partial charge is 0.277 e. The van der Waals surface area contributed by atoms with E-state index < -0.39 is 0 Å². The molecule has 1 atom stereocenters. The molecule has 6 heteroatoms. The molecule has 1 aromatic heterocycles. The number of fused-ring (bicyclic) bond motifs is 1. The summed E-state index contributed by atoms with van der Waals surface area (Å²) in [6.45, 7) is 4.25. The van der Waals surface area contributed by atoms with Gasteiger partial charge in [-0.05, 0) is 60.2 Å². The van der Waals surface area contributed by atoms with Gasteiger partial charge in [0.05, 0.1) is 15.8 Å². The van der Waals surface area contributed by atoms with Gasteiger partial charge in [-0.2, -0.15) is 5.10 Å². The van der Waals surface area contributed by atoms with Gasteiger partial charge < -0.3 is 4.90 Å². The van der Waals surface area contributed by atoms with Gasteiger partial charge in [0.2, 0.25) is 0 Å². The van der Waals surface area contributed by atoms with Crippen molar-refractivity contribution in [2.75, 3.05) is 11.4 Å². The van der Waals surface area contributed by atoms with Crippen LogP contribution in [0.3, 0.4) is 0 Å². The van der Waals surface area contributed by atoms with Crippen LogP contribution in [-0.4, -0.2) is 22.2 Å². The summed E-state index contributed by atoms with van der Waals surface area (Å²) in [7, 11) is 0. The standard InChI is InChI=1S/C14H13FIN3O/c1-8-5-10(3-4-11(8)15)18-7-9(2)19-13(14(18)20)12(16)6-17-19/h3-6,9H,7H2,1-2H3/t9-/m0/s1. The fourth-order valence-electron chi connectivity index (χ4n) is 2.45. The number of aryl methyl sites for hydroxylation is 1. The lowest BCUT2D eigenvalue weighted by Gasteiger charge is -2.32. The summed E-state index contributed by atoms with van der Waals surface area (Å²) >= 11 is 2.11. The number of amides is 1. The van der Waals surface area contributed by atoms with Crippen molar-refractivity contribution in [3.05, 3.63) is 45.0 Å². The maximum absolute atomic E-state index is 13.4. The van der Waals surface area contributed by atoms with Crippen LogP contribution in [0.25, 0.3) is 0 Å². The van der Waals surface area contributed by atoms with E-state index >= 15 is 0 Å². The summed E-state index contributed by atoms with van der Waals surface area (Å²) < 4.78 is 16.0. The first-order valence-electron chi connectivity index (χ1n) is 6.30. The Kier molecular flexibility index (Phi) is 3.27. The topological polar surface area (TPSA) is 38.1 Å². The molecule has 1 amide bonds. The van der Waals surface area contributed by atoms with Gasteiger partial charge in [0.25, 0.3) is 5.91 Å². The van der Waals surface area contributed by atoms with Crippen LogP contribution < -0.4 is 4.90 Å². The Balaban J connectivity index is 2.06. The molecule has 0 saturated carbocycles. The second-order valence-corrected chi connectivity index (χ2v) is 6.15. The lowest BCUT2D eigenvalue weighted by Crippen LogP contribution is -2.43. The summed E-state index contributed by atoms with van der Waals surface area (Å²) in [4.78, 5) is 14.3. The van der Waals surface area contributed by atoms with E-state index in [1.165, 1.54) is 6.07 Å². The van der Waals surface area contributed by atoms with Crippen molar-refractivity contribution < 1.29 is 9.18 Å². The molecule has 0 saturated heterocycles. The Morgan fingerprint density at radius 1 is 1.45 bits per heavy atom. The molecule has 3 rings (SSSR count). The van der Waals surface area contributed by atoms with Crippen molar-refractivity contribution in [1.82, 2.24) is 9.78 Å². The maximum atomic E-state index is 13.4. The number of aromatic nitrogens is 2. The zero-order valence-corrected chi connectivity index (χ0v) is 13.3. The molecule has 0 fully saturated rings. The number of hydrogen-bond acceptors (Lipinski definition) is 2. The third-order valence-electron chi connectivity index (χ3n) is 3.52. The van der Waals surface area contributed by atoms with E-state index in [2.05, 4.69) is 27.7 Å². The maximum Gasteiger partial charge on any atom is 0.277 e. The number of anilines is 1. The van der Waals surface area contributed by atoms with Crippen molar-refractivity contribution in [1.29, 1.82) is 0 Å². The largest absolute Gasteiger partial charge is 0.305 e. The van der Waals surface area contributed by atoms with Gasteiger partial charge in [0.1, 0.15) is 11.5 Å². The van der Waals surface area contributed by atoms with E-state index in [0.29, 0.717) is 17.8 Å². The predicted octanol–water partition coefficient (Wildman–Crippen LogP) is 3.16. The molecule has 1 aliphatic rings. The third kappa shape index (κ3) is 2.02. The van der Waals surface area contributed by atoms with Gasteiger partial charge in [0, 0.05) is 12.2 Å².